The fourth-order valence-electron chi connectivity index (χ4n) is 1.50. The summed E-state index contributed by atoms with van der Waals surface area (Å²) in [7, 11) is 3.52. The Kier molecular flexibility index (Phi) is 5.88. The van der Waals surface area contributed by atoms with E-state index in [0.29, 0.717) is 18.9 Å². The molecule has 6 nitrogen and oxygen atoms in total. The van der Waals surface area contributed by atoms with Crippen LogP contribution in [0, 0.1) is 0 Å². The molecular weight excluding hydrogens is 254 g/mol. The van der Waals surface area contributed by atoms with Crippen LogP contribution in [0.15, 0.2) is 12.4 Å². The first-order valence-electron chi connectivity index (χ1n) is 6.79. The Balaban J connectivity index is 2.51. The van der Waals surface area contributed by atoms with Gasteiger partial charge in [-0.2, -0.15) is 0 Å². The molecule has 0 radical (unpaired) electrons. The fraction of sp³-hybridized carbons (Fsp3) is 0.643. The Morgan fingerprint density at radius 1 is 1.30 bits per heavy atom. The van der Waals surface area contributed by atoms with Crippen molar-refractivity contribution in [2.24, 2.45) is 0 Å². The molecule has 0 bridgehead atoms. The second-order valence-electron chi connectivity index (χ2n) is 5.84. The molecule has 0 aromatic carbocycles. The van der Waals surface area contributed by atoms with Gasteiger partial charge >= 0.3 is 0 Å². The van der Waals surface area contributed by atoms with Crippen LogP contribution in [-0.4, -0.2) is 42.1 Å². The van der Waals surface area contributed by atoms with Gasteiger partial charge in [0.25, 0.3) is 0 Å². The number of anilines is 1. The van der Waals surface area contributed by atoms with Crippen LogP contribution in [0.3, 0.4) is 0 Å². The molecule has 1 heterocycles. The van der Waals surface area contributed by atoms with E-state index >= 15 is 0 Å². The first kappa shape index (κ1) is 16.4. The highest BCUT2D eigenvalue weighted by Gasteiger charge is 2.10. The number of carbonyl (C=O) groups excluding carboxylic acids is 1. The number of hydrogen-bond donors (Lipinski definition) is 2. The molecule has 0 aliphatic heterocycles. The van der Waals surface area contributed by atoms with Gasteiger partial charge in [0.2, 0.25) is 11.9 Å². The van der Waals surface area contributed by atoms with Crippen molar-refractivity contribution in [3.8, 4) is 0 Å². The number of nitrogens with one attached hydrogen (secondary N) is 2. The summed E-state index contributed by atoms with van der Waals surface area (Å²) >= 11 is 0. The summed E-state index contributed by atoms with van der Waals surface area (Å²) in [6.45, 7) is 7.70. The maximum atomic E-state index is 11.2. The van der Waals surface area contributed by atoms with Gasteiger partial charge in [-0.25, -0.2) is 9.97 Å². The molecule has 0 atom stereocenters. The molecule has 20 heavy (non-hydrogen) atoms. The van der Waals surface area contributed by atoms with Gasteiger partial charge in [-0.3, -0.25) is 4.79 Å². The molecule has 1 aromatic heterocycles. The van der Waals surface area contributed by atoms with Gasteiger partial charge < -0.3 is 15.5 Å². The van der Waals surface area contributed by atoms with Crippen molar-refractivity contribution in [1.29, 1.82) is 0 Å². The van der Waals surface area contributed by atoms with E-state index in [1.54, 1.807) is 7.05 Å². The lowest BCUT2D eigenvalue weighted by Crippen LogP contribution is -2.35. The molecule has 2 N–H and O–H groups in total. The number of carbonyl (C=O) groups is 1. The van der Waals surface area contributed by atoms with Gasteiger partial charge in [0.05, 0.1) is 0 Å². The van der Waals surface area contributed by atoms with E-state index < -0.39 is 0 Å². The Morgan fingerprint density at radius 3 is 2.40 bits per heavy atom. The molecule has 6 heteroatoms. The minimum atomic E-state index is 0.0165. The summed E-state index contributed by atoms with van der Waals surface area (Å²) in [4.78, 5) is 21.7. The lowest BCUT2D eigenvalue weighted by atomic mass is 10.1. The van der Waals surface area contributed by atoms with Crippen molar-refractivity contribution in [3.05, 3.63) is 18.0 Å². The quantitative estimate of drug-likeness (QED) is 0.811. The van der Waals surface area contributed by atoms with Crippen LogP contribution < -0.4 is 15.5 Å². The second-order valence-corrected chi connectivity index (χ2v) is 5.84. The van der Waals surface area contributed by atoms with Crippen molar-refractivity contribution < 1.29 is 4.79 Å². The lowest BCUT2D eigenvalue weighted by molar-refractivity contribution is -0.120. The van der Waals surface area contributed by atoms with Crippen LogP contribution in [0.25, 0.3) is 0 Å². The normalized spacial score (nSPS) is 11.2. The molecule has 0 spiro atoms. The van der Waals surface area contributed by atoms with Crippen LogP contribution in [-0.2, 0) is 11.3 Å². The molecule has 0 unspecified atom stereocenters. The van der Waals surface area contributed by atoms with E-state index in [1.165, 1.54) is 0 Å². The van der Waals surface area contributed by atoms with Gasteiger partial charge in [0.15, 0.2) is 0 Å². The summed E-state index contributed by atoms with van der Waals surface area (Å²) in [5.41, 5.74) is 1.12. The van der Waals surface area contributed by atoms with Crippen molar-refractivity contribution in [1.82, 2.24) is 20.6 Å². The van der Waals surface area contributed by atoms with Crippen molar-refractivity contribution >= 4 is 11.9 Å². The van der Waals surface area contributed by atoms with Crippen LogP contribution in [0.1, 0.15) is 32.8 Å². The Morgan fingerprint density at radius 2 is 1.90 bits per heavy atom. The average Bonchev–Trinajstić information content (AvgIpc) is 2.41. The lowest BCUT2D eigenvalue weighted by Gasteiger charge is -2.20. The summed E-state index contributed by atoms with van der Waals surface area (Å²) in [6, 6.07) is 0. The zero-order valence-corrected chi connectivity index (χ0v) is 13.0. The number of rotatable bonds is 6. The van der Waals surface area contributed by atoms with E-state index in [4.69, 9.17) is 0 Å². The third kappa shape index (κ3) is 5.97. The minimum Gasteiger partial charge on any atom is -0.359 e. The molecule has 0 aliphatic carbocycles. The largest absolute Gasteiger partial charge is 0.359 e. The molecule has 1 amide bonds. The zero-order valence-electron chi connectivity index (χ0n) is 13.0. The maximum absolute atomic E-state index is 11.2. The second kappa shape index (κ2) is 7.19. The van der Waals surface area contributed by atoms with E-state index in [-0.39, 0.29) is 11.4 Å². The fourth-order valence-corrected chi connectivity index (χ4v) is 1.50. The molecule has 0 saturated carbocycles. The van der Waals surface area contributed by atoms with Gasteiger partial charge in [0.1, 0.15) is 0 Å². The van der Waals surface area contributed by atoms with Gasteiger partial charge in [-0.05, 0) is 20.8 Å². The average molecular weight is 279 g/mol. The van der Waals surface area contributed by atoms with Crippen LogP contribution >= 0.6 is 0 Å². The zero-order chi connectivity index (χ0) is 15.2. The molecular formula is C14H25N5O. The van der Waals surface area contributed by atoms with E-state index in [9.17, 15) is 4.79 Å². The SMILES string of the molecule is CNC(=O)CCN(C)c1ncc(CNC(C)(C)C)cn1. The first-order valence-corrected chi connectivity index (χ1v) is 6.79. The van der Waals surface area contributed by atoms with Gasteiger partial charge in [0, 0.05) is 57.1 Å². The third-order valence-electron chi connectivity index (χ3n) is 2.81. The molecule has 112 valence electrons. The molecule has 0 fully saturated rings. The molecule has 0 aliphatic rings. The summed E-state index contributed by atoms with van der Waals surface area (Å²) < 4.78 is 0. The van der Waals surface area contributed by atoms with Crippen molar-refractivity contribution in [3.63, 3.8) is 0 Å². The predicted octanol–water partition coefficient (Wildman–Crippen LogP) is 0.937. The highest BCUT2D eigenvalue weighted by atomic mass is 16.1. The number of amides is 1. The van der Waals surface area contributed by atoms with E-state index in [2.05, 4.69) is 41.4 Å². The summed E-state index contributed by atoms with van der Waals surface area (Å²) in [5.74, 6) is 0.649. The minimum absolute atomic E-state index is 0.0165. The predicted molar refractivity (Wildman–Crippen MR) is 80.6 cm³/mol. The molecule has 1 rings (SSSR count). The van der Waals surface area contributed by atoms with Crippen molar-refractivity contribution in [2.45, 2.75) is 39.3 Å². The Labute approximate surface area is 121 Å². The summed E-state index contributed by atoms with van der Waals surface area (Å²) in [6.07, 6.45) is 4.07. The standard InChI is InChI=1S/C14H25N5O/c1-14(2,3)18-10-11-8-16-13(17-9-11)19(5)7-6-12(20)15-4/h8-9,18H,6-7,10H2,1-5H3,(H,15,20). The van der Waals surface area contributed by atoms with Crippen LogP contribution in [0.5, 0.6) is 0 Å². The monoisotopic (exact) mass is 279 g/mol. The van der Waals surface area contributed by atoms with Gasteiger partial charge in [-0.1, -0.05) is 0 Å². The molecule has 1 aromatic rings. The smallest absolute Gasteiger partial charge is 0.225 e. The number of nitrogens with zero attached hydrogens (tertiary/aromatic N) is 3. The highest BCUT2D eigenvalue weighted by Crippen LogP contribution is 2.07. The van der Waals surface area contributed by atoms with E-state index in [1.807, 2.05) is 24.3 Å². The van der Waals surface area contributed by atoms with Crippen LogP contribution in [0.4, 0.5) is 5.95 Å². The molecule has 0 saturated heterocycles. The van der Waals surface area contributed by atoms with Gasteiger partial charge in [-0.15, -0.1) is 0 Å². The maximum Gasteiger partial charge on any atom is 0.225 e. The van der Waals surface area contributed by atoms with Crippen LogP contribution in [0.2, 0.25) is 0 Å². The highest BCUT2D eigenvalue weighted by molar-refractivity contribution is 5.76. The third-order valence-corrected chi connectivity index (χ3v) is 2.81. The Hall–Kier alpha value is -1.69. The number of aromatic nitrogens is 2. The van der Waals surface area contributed by atoms with E-state index in [0.717, 1.165) is 12.1 Å². The van der Waals surface area contributed by atoms with Crippen molar-refractivity contribution in [2.75, 3.05) is 25.5 Å². The topological polar surface area (TPSA) is 70.2 Å². The number of hydrogen-bond acceptors (Lipinski definition) is 5. The Bertz CT molecular complexity index is 424. The summed E-state index contributed by atoms with van der Waals surface area (Å²) in [5, 5.41) is 5.99. The first-order chi connectivity index (χ1) is 9.31.